The topological polar surface area (TPSA) is 112 Å². The maximum atomic E-state index is 12.6. The van der Waals surface area contributed by atoms with Crippen molar-refractivity contribution in [3.8, 4) is 11.8 Å². The number of piperidine rings is 2. The number of rotatable bonds is 12. The van der Waals surface area contributed by atoms with Crippen LogP contribution in [0.2, 0.25) is 0 Å². The van der Waals surface area contributed by atoms with Crippen molar-refractivity contribution in [1.82, 2.24) is 29.6 Å². The van der Waals surface area contributed by atoms with Gasteiger partial charge in [0.2, 0.25) is 11.8 Å². The minimum Gasteiger partial charge on any atom is -0.474 e. The molecule has 11 heteroatoms. The molecule has 8 rings (SSSR count). The van der Waals surface area contributed by atoms with E-state index in [0.717, 1.165) is 80.7 Å². The number of carbonyl (C=O) groups is 2. The van der Waals surface area contributed by atoms with Gasteiger partial charge in [0.25, 0.3) is 11.8 Å². The molecule has 302 valence electrons. The molecule has 0 bridgehead atoms. The van der Waals surface area contributed by atoms with Crippen molar-refractivity contribution >= 4 is 11.8 Å². The maximum Gasteiger partial charge on any atom is 0.256 e. The number of amides is 2. The van der Waals surface area contributed by atoms with E-state index in [9.17, 15) is 14.7 Å². The maximum absolute atomic E-state index is 12.6. The predicted molar refractivity (Wildman–Crippen MR) is 220 cm³/mol. The zero-order chi connectivity index (χ0) is 39.9. The highest BCUT2D eigenvalue weighted by molar-refractivity contribution is 5.99. The van der Waals surface area contributed by atoms with Crippen LogP contribution in [0.4, 0.5) is 0 Å². The third-order valence-electron chi connectivity index (χ3n) is 11.1. The first-order valence-electron chi connectivity index (χ1n) is 20.7. The Morgan fingerprint density at radius 1 is 0.649 bits per heavy atom. The van der Waals surface area contributed by atoms with Crippen LogP contribution in [0.15, 0.2) is 85.2 Å². The summed E-state index contributed by atoms with van der Waals surface area (Å²) in [6.45, 7) is 17.2. The largest absolute Gasteiger partial charge is 0.474 e. The second-order valence-corrected chi connectivity index (χ2v) is 16.7. The molecule has 0 radical (unpaired) electrons. The number of pyridine rings is 2. The summed E-state index contributed by atoms with van der Waals surface area (Å²) in [5, 5.41) is 10.5. The van der Waals surface area contributed by atoms with Crippen molar-refractivity contribution in [2.24, 2.45) is 11.8 Å². The number of aliphatic hydroxyl groups is 1. The molecule has 1 atom stereocenters. The normalized spacial score (nSPS) is 19.2. The quantitative estimate of drug-likeness (QED) is 0.163. The number of ether oxygens (including phenoxy) is 2. The Labute approximate surface area is 337 Å². The molecule has 2 amide bonds. The van der Waals surface area contributed by atoms with E-state index < -0.39 is 6.23 Å². The number of benzene rings is 2. The van der Waals surface area contributed by atoms with Gasteiger partial charge in [0.15, 0.2) is 6.23 Å². The Kier molecular flexibility index (Phi) is 13.2. The lowest BCUT2D eigenvalue weighted by Crippen LogP contribution is -2.40. The third kappa shape index (κ3) is 10.4. The standard InChI is InChI=1S/C23H29N3O3.C23H29N3O2/c1-16(2)14-25-11-9-18(10-12-25)29-21-8-7-17(13-24-21)15-26-22(27)19-5-3-4-6-20(19)23(26)28;1-17(2)14-25-11-9-20(10-12-25)28-22-8-7-18(13-24-22)15-26-16-19-5-3-4-6-21(19)23(26)27/h3-8,13,16,18,22,27H,9-12,14-15H2,1-2H3;3-8,13,17,20H,9-12,14-16H2,1-2H3. The van der Waals surface area contributed by atoms with Crippen LogP contribution < -0.4 is 9.47 Å². The summed E-state index contributed by atoms with van der Waals surface area (Å²) in [6, 6.07) is 22.7. The van der Waals surface area contributed by atoms with Gasteiger partial charge in [-0.25, -0.2) is 9.97 Å². The molecule has 0 saturated carbocycles. The Balaban J connectivity index is 0.000000174. The summed E-state index contributed by atoms with van der Waals surface area (Å²) >= 11 is 0. The van der Waals surface area contributed by atoms with Crippen LogP contribution in [0.1, 0.15) is 103 Å². The second kappa shape index (κ2) is 18.6. The Morgan fingerprint density at radius 3 is 1.65 bits per heavy atom. The van der Waals surface area contributed by atoms with E-state index in [1.807, 2.05) is 71.8 Å². The van der Waals surface area contributed by atoms with Gasteiger partial charge in [-0.1, -0.05) is 76.2 Å². The molecule has 4 aliphatic heterocycles. The first-order valence-corrected chi connectivity index (χ1v) is 20.7. The van der Waals surface area contributed by atoms with Crippen LogP contribution in [0.25, 0.3) is 0 Å². The van der Waals surface area contributed by atoms with E-state index in [1.54, 1.807) is 18.3 Å². The fourth-order valence-electron chi connectivity index (χ4n) is 8.31. The molecule has 0 aliphatic carbocycles. The molecule has 2 saturated heterocycles. The minimum atomic E-state index is -0.911. The van der Waals surface area contributed by atoms with Gasteiger partial charge < -0.3 is 34.2 Å². The van der Waals surface area contributed by atoms with Crippen molar-refractivity contribution < 1.29 is 24.2 Å². The number of hydrogen-bond donors (Lipinski definition) is 1. The predicted octanol–water partition coefficient (Wildman–Crippen LogP) is 6.96. The Bertz CT molecular complexity index is 1940. The summed E-state index contributed by atoms with van der Waals surface area (Å²) in [6.07, 6.45) is 7.24. The molecule has 4 aliphatic rings. The average Bonchev–Trinajstić information content (AvgIpc) is 3.65. The van der Waals surface area contributed by atoms with Crippen molar-refractivity contribution in [3.63, 3.8) is 0 Å². The average molecular weight is 775 g/mol. The lowest BCUT2D eigenvalue weighted by Gasteiger charge is -2.32. The number of likely N-dealkylation sites (tertiary alicyclic amines) is 2. The van der Waals surface area contributed by atoms with E-state index in [0.29, 0.717) is 54.4 Å². The smallest absolute Gasteiger partial charge is 0.256 e. The van der Waals surface area contributed by atoms with Gasteiger partial charge >= 0.3 is 0 Å². The lowest BCUT2D eigenvalue weighted by atomic mass is 10.1. The molecule has 11 nitrogen and oxygen atoms in total. The monoisotopic (exact) mass is 774 g/mol. The summed E-state index contributed by atoms with van der Waals surface area (Å²) < 4.78 is 12.1. The molecule has 6 heterocycles. The number of nitrogens with zero attached hydrogens (tertiary/aromatic N) is 6. The van der Waals surface area contributed by atoms with Crippen LogP contribution in [-0.4, -0.2) is 98.0 Å². The van der Waals surface area contributed by atoms with Crippen LogP contribution in [0.3, 0.4) is 0 Å². The van der Waals surface area contributed by atoms with Crippen molar-refractivity contribution in [3.05, 3.63) is 119 Å². The van der Waals surface area contributed by atoms with Gasteiger partial charge in [0.1, 0.15) is 12.2 Å². The van der Waals surface area contributed by atoms with Crippen molar-refractivity contribution in [2.45, 2.75) is 91.4 Å². The van der Waals surface area contributed by atoms with Gasteiger partial charge in [-0.05, 0) is 66.3 Å². The van der Waals surface area contributed by atoms with Crippen LogP contribution in [0.5, 0.6) is 11.8 Å². The van der Waals surface area contributed by atoms with Gasteiger partial charge in [-0.2, -0.15) is 0 Å². The van der Waals surface area contributed by atoms with Gasteiger partial charge in [0, 0.05) is 93.6 Å². The lowest BCUT2D eigenvalue weighted by molar-refractivity contribution is 0.0137. The van der Waals surface area contributed by atoms with E-state index in [-0.39, 0.29) is 24.0 Å². The summed E-state index contributed by atoms with van der Waals surface area (Å²) in [4.78, 5) is 42.3. The molecule has 4 aromatic rings. The molecule has 2 fully saturated rings. The first kappa shape index (κ1) is 40.4. The van der Waals surface area contributed by atoms with E-state index in [4.69, 9.17) is 9.47 Å². The van der Waals surface area contributed by atoms with Crippen molar-refractivity contribution in [2.75, 3.05) is 39.3 Å². The van der Waals surface area contributed by atoms with Gasteiger partial charge in [-0.15, -0.1) is 0 Å². The zero-order valence-corrected chi connectivity index (χ0v) is 33.9. The number of hydrogen-bond acceptors (Lipinski definition) is 9. The minimum absolute atomic E-state index is 0.101. The molecule has 57 heavy (non-hydrogen) atoms. The highest BCUT2D eigenvalue weighted by Gasteiger charge is 2.35. The number of fused-ring (bicyclic) bond motifs is 2. The fraction of sp³-hybridized carbons (Fsp3) is 0.478. The zero-order valence-electron chi connectivity index (χ0n) is 33.9. The number of aliphatic hydroxyl groups excluding tert-OH is 1. The second-order valence-electron chi connectivity index (χ2n) is 16.7. The van der Waals surface area contributed by atoms with E-state index in [2.05, 4.69) is 47.5 Å². The van der Waals surface area contributed by atoms with Crippen LogP contribution in [-0.2, 0) is 19.6 Å². The number of carbonyl (C=O) groups excluding carboxylic acids is 2. The first-order chi connectivity index (χ1) is 27.6. The van der Waals surface area contributed by atoms with E-state index >= 15 is 0 Å². The fourth-order valence-corrected chi connectivity index (χ4v) is 8.31. The summed E-state index contributed by atoms with van der Waals surface area (Å²) in [7, 11) is 0. The summed E-state index contributed by atoms with van der Waals surface area (Å²) in [5.41, 5.74) is 5.04. The SMILES string of the molecule is CC(C)CN1CCC(Oc2ccc(CN3C(=O)c4ccccc4C3O)cn2)CC1.CC(C)CN1CCC(Oc2ccc(CN3Cc4ccccc4C3=O)cn2)CC1. The molecule has 0 spiro atoms. The molecular formula is C46H58N6O5. The molecule has 1 unspecified atom stereocenters. The number of aromatic nitrogens is 2. The van der Waals surface area contributed by atoms with Gasteiger partial charge in [-0.3, -0.25) is 9.59 Å². The Morgan fingerprint density at radius 2 is 1.16 bits per heavy atom. The van der Waals surface area contributed by atoms with Crippen LogP contribution in [0, 0.1) is 11.8 Å². The van der Waals surface area contributed by atoms with Crippen molar-refractivity contribution in [1.29, 1.82) is 0 Å². The molecule has 2 aromatic heterocycles. The molecule has 1 N–H and O–H groups in total. The van der Waals surface area contributed by atoms with Gasteiger partial charge in [0.05, 0.1) is 6.54 Å². The van der Waals surface area contributed by atoms with E-state index in [1.165, 1.54) is 11.4 Å². The highest BCUT2D eigenvalue weighted by atomic mass is 16.5. The third-order valence-corrected chi connectivity index (χ3v) is 11.1. The molecule has 2 aromatic carbocycles. The highest BCUT2D eigenvalue weighted by Crippen LogP contribution is 2.33. The molecular weight excluding hydrogens is 717 g/mol. The Hall–Kier alpha value is -4.84. The van der Waals surface area contributed by atoms with Crippen LogP contribution >= 0.6 is 0 Å². The summed E-state index contributed by atoms with van der Waals surface area (Å²) in [5.74, 6) is 2.65.